The van der Waals surface area contributed by atoms with Crippen LogP contribution in [0.4, 0.5) is 0 Å². The molecule has 0 saturated heterocycles. The van der Waals surface area contributed by atoms with Gasteiger partial charge >= 0.3 is 0 Å². The summed E-state index contributed by atoms with van der Waals surface area (Å²) in [5.41, 5.74) is 2.08. The molecule has 2 aromatic rings. The first-order valence-electron chi connectivity index (χ1n) is 6.93. The van der Waals surface area contributed by atoms with Crippen LogP contribution in [0.2, 0.25) is 0 Å². The van der Waals surface area contributed by atoms with Gasteiger partial charge in [0, 0.05) is 0 Å². The maximum atomic E-state index is 5.66. The Bertz CT molecular complexity index is 660. The van der Waals surface area contributed by atoms with E-state index in [1.807, 2.05) is 24.3 Å². The molecule has 0 aromatic heterocycles. The molecule has 6 heteroatoms. The van der Waals surface area contributed by atoms with Gasteiger partial charge < -0.3 is 9.47 Å². The van der Waals surface area contributed by atoms with Crippen LogP contribution in [0.1, 0.15) is 0 Å². The van der Waals surface area contributed by atoms with E-state index in [0.29, 0.717) is 13.2 Å². The number of hydrogen-bond acceptors (Lipinski definition) is 2. The molecule has 2 aromatic carbocycles. The lowest BCUT2D eigenvalue weighted by Gasteiger charge is -2.14. The van der Waals surface area contributed by atoms with Crippen molar-refractivity contribution >= 4 is 63.7 Å². The molecular formula is C18H14Br4O2. The second-order valence-electron chi connectivity index (χ2n) is 4.74. The standard InChI is InChI=1S/C18H14Br4O2/c1-3-5-23-17-13(19)7-11(8-14(17)20)12-9-15(21)18(16(22)10-12)24-6-4-2/h3-4,7-10H,1-2,5-6H2. The van der Waals surface area contributed by atoms with E-state index in [1.54, 1.807) is 12.2 Å². The summed E-state index contributed by atoms with van der Waals surface area (Å²) in [5.74, 6) is 1.51. The molecule has 0 amide bonds. The number of benzene rings is 2. The summed E-state index contributed by atoms with van der Waals surface area (Å²) in [6, 6.07) is 8.06. The molecule has 0 radical (unpaired) electrons. The average molecular weight is 582 g/mol. The van der Waals surface area contributed by atoms with Gasteiger partial charge in [-0.2, -0.15) is 0 Å². The summed E-state index contributed by atoms with van der Waals surface area (Å²) in [6.45, 7) is 8.22. The van der Waals surface area contributed by atoms with E-state index in [9.17, 15) is 0 Å². The van der Waals surface area contributed by atoms with Crippen LogP contribution < -0.4 is 9.47 Å². The van der Waals surface area contributed by atoms with Gasteiger partial charge in [-0.15, -0.1) is 0 Å². The van der Waals surface area contributed by atoms with Crippen molar-refractivity contribution in [1.29, 1.82) is 0 Å². The van der Waals surface area contributed by atoms with Gasteiger partial charge in [0.1, 0.15) is 24.7 Å². The summed E-state index contributed by atoms with van der Waals surface area (Å²) >= 11 is 14.3. The number of rotatable bonds is 7. The van der Waals surface area contributed by atoms with Crippen molar-refractivity contribution in [3.8, 4) is 22.6 Å². The lowest BCUT2D eigenvalue weighted by Crippen LogP contribution is -1.96. The quantitative estimate of drug-likeness (QED) is 0.315. The van der Waals surface area contributed by atoms with Gasteiger partial charge in [-0.05, 0) is 99.1 Å². The van der Waals surface area contributed by atoms with Crippen LogP contribution in [-0.2, 0) is 0 Å². The van der Waals surface area contributed by atoms with Crippen molar-refractivity contribution < 1.29 is 9.47 Å². The van der Waals surface area contributed by atoms with E-state index >= 15 is 0 Å². The molecule has 0 aliphatic rings. The third-order valence-corrected chi connectivity index (χ3v) is 5.38. The zero-order valence-corrected chi connectivity index (χ0v) is 19.0. The van der Waals surface area contributed by atoms with Crippen LogP contribution in [-0.4, -0.2) is 13.2 Å². The Hall–Kier alpha value is -0.560. The molecule has 24 heavy (non-hydrogen) atoms. The molecular weight excluding hydrogens is 568 g/mol. The third kappa shape index (κ3) is 4.75. The zero-order valence-electron chi connectivity index (χ0n) is 12.6. The molecule has 0 bridgehead atoms. The van der Waals surface area contributed by atoms with Gasteiger partial charge in [0.25, 0.3) is 0 Å². The monoisotopic (exact) mass is 578 g/mol. The van der Waals surface area contributed by atoms with Crippen molar-refractivity contribution in [3.05, 3.63) is 67.5 Å². The minimum atomic E-state index is 0.447. The first-order chi connectivity index (χ1) is 11.5. The number of ether oxygens (including phenoxy) is 2. The smallest absolute Gasteiger partial charge is 0.148 e. The van der Waals surface area contributed by atoms with Crippen molar-refractivity contribution in [2.24, 2.45) is 0 Å². The predicted molar refractivity (Wildman–Crippen MR) is 114 cm³/mol. The Kier molecular flexibility index (Phi) is 7.60. The van der Waals surface area contributed by atoms with Gasteiger partial charge in [0.05, 0.1) is 17.9 Å². The van der Waals surface area contributed by atoms with Crippen molar-refractivity contribution in [3.63, 3.8) is 0 Å². The van der Waals surface area contributed by atoms with Crippen LogP contribution in [0.3, 0.4) is 0 Å². The molecule has 0 atom stereocenters. The number of halogens is 4. The van der Waals surface area contributed by atoms with E-state index in [2.05, 4.69) is 76.9 Å². The van der Waals surface area contributed by atoms with Gasteiger partial charge in [-0.25, -0.2) is 0 Å². The largest absolute Gasteiger partial charge is 0.487 e. The highest BCUT2D eigenvalue weighted by Gasteiger charge is 2.13. The highest BCUT2D eigenvalue weighted by Crippen LogP contribution is 2.42. The van der Waals surface area contributed by atoms with Gasteiger partial charge in [0.2, 0.25) is 0 Å². The molecule has 126 valence electrons. The molecule has 0 unspecified atom stereocenters. The fourth-order valence-electron chi connectivity index (χ4n) is 2.01. The molecule has 2 nitrogen and oxygen atoms in total. The normalized spacial score (nSPS) is 10.3. The molecule has 0 heterocycles. The van der Waals surface area contributed by atoms with E-state index in [4.69, 9.17) is 9.47 Å². The van der Waals surface area contributed by atoms with E-state index < -0.39 is 0 Å². The Morgan fingerprint density at radius 1 is 0.667 bits per heavy atom. The van der Waals surface area contributed by atoms with Gasteiger partial charge in [-0.1, -0.05) is 25.3 Å². The van der Waals surface area contributed by atoms with E-state index in [-0.39, 0.29) is 0 Å². The summed E-state index contributed by atoms with van der Waals surface area (Å²) in [7, 11) is 0. The van der Waals surface area contributed by atoms with Crippen molar-refractivity contribution in [2.45, 2.75) is 0 Å². The summed E-state index contributed by atoms with van der Waals surface area (Å²) < 4.78 is 14.8. The SMILES string of the molecule is C=CCOc1c(Br)cc(-c2cc(Br)c(OCC=C)c(Br)c2)cc1Br. The fraction of sp³-hybridized carbons (Fsp3) is 0.111. The summed E-state index contributed by atoms with van der Waals surface area (Å²) in [6.07, 6.45) is 3.42. The summed E-state index contributed by atoms with van der Waals surface area (Å²) in [5, 5.41) is 0. The zero-order chi connectivity index (χ0) is 17.7. The maximum absolute atomic E-state index is 5.66. The Labute approximate surface area is 175 Å². The highest BCUT2D eigenvalue weighted by molar-refractivity contribution is 9.11. The lowest BCUT2D eigenvalue weighted by molar-refractivity contribution is 0.358. The first-order valence-corrected chi connectivity index (χ1v) is 10.1. The Morgan fingerprint density at radius 3 is 1.21 bits per heavy atom. The molecule has 0 fully saturated rings. The predicted octanol–water partition coefficient (Wildman–Crippen LogP) is 7.53. The molecule has 0 N–H and O–H groups in total. The molecule has 0 spiro atoms. The Morgan fingerprint density at radius 2 is 0.958 bits per heavy atom. The second-order valence-corrected chi connectivity index (χ2v) is 8.15. The second kappa shape index (κ2) is 9.22. The highest BCUT2D eigenvalue weighted by atomic mass is 79.9. The fourth-order valence-corrected chi connectivity index (χ4v) is 4.84. The van der Waals surface area contributed by atoms with Crippen molar-refractivity contribution in [2.75, 3.05) is 13.2 Å². The lowest BCUT2D eigenvalue weighted by atomic mass is 10.1. The first kappa shape index (κ1) is 19.8. The molecule has 2 rings (SSSR count). The van der Waals surface area contributed by atoms with Crippen LogP contribution in [0, 0.1) is 0 Å². The minimum Gasteiger partial charge on any atom is -0.487 e. The van der Waals surface area contributed by atoms with E-state index in [0.717, 1.165) is 40.5 Å². The molecule has 0 aliphatic carbocycles. The molecule has 0 saturated carbocycles. The molecule has 0 aliphatic heterocycles. The van der Waals surface area contributed by atoms with Crippen LogP contribution in [0.15, 0.2) is 67.5 Å². The van der Waals surface area contributed by atoms with Gasteiger partial charge in [0.15, 0.2) is 0 Å². The van der Waals surface area contributed by atoms with Crippen LogP contribution in [0.5, 0.6) is 11.5 Å². The summed E-state index contributed by atoms with van der Waals surface area (Å²) in [4.78, 5) is 0. The van der Waals surface area contributed by atoms with Crippen molar-refractivity contribution in [1.82, 2.24) is 0 Å². The van der Waals surface area contributed by atoms with Crippen LogP contribution in [0.25, 0.3) is 11.1 Å². The third-order valence-electron chi connectivity index (χ3n) is 3.02. The topological polar surface area (TPSA) is 18.5 Å². The average Bonchev–Trinajstić information content (AvgIpc) is 2.53. The minimum absolute atomic E-state index is 0.447. The van der Waals surface area contributed by atoms with E-state index in [1.165, 1.54) is 0 Å². The van der Waals surface area contributed by atoms with Crippen LogP contribution >= 0.6 is 63.7 Å². The number of hydrogen-bond donors (Lipinski definition) is 0. The maximum Gasteiger partial charge on any atom is 0.148 e. The Balaban J connectivity index is 2.41. The van der Waals surface area contributed by atoms with Gasteiger partial charge in [-0.3, -0.25) is 0 Å².